The Bertz CT molecular complexity index is 1030. The van der Waals surface area contributed by atoms with Gasteiger partial charge in [0.25, 0.3) is 0 Å². The minimum absolute atomic E-state index is 0.00388. The van der Waals surface area contributed by atoms with E-state index in [9.17, 15) is 9.59 Å². The van der Waals surface area contributed by atoms with Gasteiger partial charge in [-0.05, 0) is 71.2 Å². The number of pyridine rings is 2. The quantitative estimate of drug-likeness (QED) is 0.823. The van der Waals surface area contributed by atoms with Gasteiger partial charge in [-0.1, -0.05) is 6.08 Å². The van der Waals surface area contributed by atoms with Crippen molar-refractivity contribution in [1.29, 1.82) is 0 Å². The number of nitrogens with one attached hydrogen (secondary N) is 1. The summed E-state index contributed by atoms with van der Waals surface area (Å²) in [7, 11) is 0. The fraction of sp³-hybridized carbons (Fsp3) is 0.304. The Morgan fingerprint density at radius 1 is 1.21 bits per heavy atom. The van der Waals surface area contributed by atoms with Crippen molar-refractivity contribution in [3.8, 4) is 0 Å². The van der Waals surface area contributed by atoms with Crippen molar-refractivity contribution in [2.24, 2.45) is 11.8 Å². The molecule has 1 saturated heterocycles. The number of fused-ring (bicyclic) bond motifs is 2. The van der Waals surface area contributed by atoms with Gasteiger partial charge in [0.05, 0.1) is 0 Å². The number of anilines is 1. The van der Waals surface area contributed by atoms with E-state index in [-0.39, 0.29) is 11.8 Å². The predicted molar refractivity (Wildman–Crippen MR) is 111 cm³/mol. The number of likely N-dealkylation sites (tertiary alicyclic amines) is 1. The second-order valence-corrected chi connectivity index (χ2v) is 7.96. The van der Waals surface area contributed by atoms with Crippen LogP contribution < -0.4 is 5.32 Å². The summed E-state index contributed by atoms with van der Waals surface area (Å²) in [4.78, 5) is 34.4. The lowest BCUT2D eigenvalue weighted by atomic mass is 9.99. The topological polar surface area (TPSA) is 75.2 Å². The van der Waals surface area contributed by atoms with Crippen molar-refractivity contribution in [3.05, 3.63) is 65.6 Å². The Kier molecular flexibility index (Phi) is 4.46. The van der Waals surface area contributed by atoms with E-state index in [1.807, 2.05) is 29.4 Å². The van der Waals surface area contributed by atoms with Crippen LogP contribution in [0.15, 0.2) is 48.9 Å². The van der Waals surface area contributed by atoms with Crippen LogP contribution in [0.3, 0.4) is 0 Å². The molecule has 4 heterocycles. The molecule has 3 aliphatic rings. The third kappa shape index (κ3) is 3.58. The first-order valence-electron chi connectivity index (χ1n) is 10.0. The maximum Gasteiger partial charge on any atom is 0.246 e. The number of carbonyl (C=O) groups excluding carboxylic acids is 2. The van der Waals surface area contributed by atoms with E-state index in [0.29, 0.717) is 30.5 Å². The monoisotopic (exact) mass is 386 g/mol. The average Bonchev–Trinajstić information content (AvgIpc) is 3.32. The number of allylic oxidation sites excluding steroid dienone is 1. The SMILES string of the molecule is O=C1CCc2cc(C=CC(=O)N3C[C@H]4CC(c5ccncc5)=C[C@H]4C3)cnc2N1. The molecule has 0 radical (unpaired) electrons. The summed E-state index contributed by atoms with van der Waals surface area (Å²) in [5.74, 6) is 1.62. The first-order valence-corrected chi connectivity index (χ1v) is 10.0. The van der Waals surface area contributed by atoms with Crippen LogP contribution in [0.2, 0.25) is 0 Å². The summed E-state index contributed by atoms with van der Waals surface area (Å²) in [6, 6.07) is 6.10. The minimum Gasteiger partial charge on any atom is -0.338 e. The van der Waals surface area contributed by atoms with Crippen molar-refractivity contribution in [1.82, 2.24) is 14.9 Å². The Morgan fingerprint density at radius 3 is 2.90 bits per heavy atom. The van der Waals surface area contributed by atoms with Crippen LogP contribution in [0.5, 0.6) is 0 Å². The molecule has 6 heteroatoms. The van der Waals surface area contributed by atoms with E-state index in [1.54, 1.807) is 12.3 Å². The van der Waals surface area contributed by atoms with Gasteiger partial charge in [-0.25, -0.2) is 4.98 Å². The zero-order chi connectivity index (χ0) is 19.8. The number of nitrogens with zero attached hydrogens (tertiary/aromatic N) is 3. The molecule has 0 spiro atoms. The van der Waals surface area contributed by atoms with Gasteiger partial charge in [-0.15, -0.1) is 0 Å². The summed E-state index contributed by atoms with van der Waals surface area (Å²) < 4.78 is 0. The van der Waals surface area contributed by atoms with E-state index in [0.717, 1.165) is 30.6 Å². The third-order valence-electron chi connectivity index (χ3n) is 6.04. The zero-order valence-corrected chi connectivity index (χ0v) is 16.0. The molecule has 1 fully saturated rings. The van der Waals surface area contributed by atoms with Crippen LogP contribution in [-0.2, 0) is 16.0 Å². The van der Waals surface area contributed by atoms with Crippen LogP contribution in [0.1, 0.15) is 29.5 Å². The minimum atomic E-state index is 0.00388. The third-order valence-corrected chi connectivity index (χ3v) is 6.04. The lowest BCUT2D eigenvalue weighted by Crippen LogP contribution is -2.27. The van der Waals surface area contributed by atoms with Gasteiger partial charge in [-0.2, -0.15) is 0 Å². The molecule has 1 N–H and O–H groups in total. The van der Waals surface area contributed by atoms with Gasteiger partial charge in [0.2, 0.25) is 11.8 Å². The number of carbonyl (C=O) groups is 2. The Hall–Kier alpha value is -3.28. The van der Waals surface area contributed by atoms with E-state index < -0.39 is 0 Å². The summed E-state index contributed by atoms with van der Waals surface area (Å²) >= 11 is 0. The van der Waals surface area contributed by atoms with Crippen molar-refractivity contribution in [3.63, 3.8) is 0 Å². The Labute approximate surface area is 169 Å². The fourth-order valence-corrected chi connectivity index (χ4v) is 4.51. The van der Waals surface area contributed by atoms with Gasteiger partial charge in [0.1, 0.15) is 5.82 Å². The van der Waals surface area contributed by atoms with E-state index in [2.05, 4.69) is 33.5 Å². The van der Waals surface area contributed by atoms with Crippen LogP contribution in [0.25, 0.3) is 11.6 Å². The highest BCUT2D eigenvalue weighted by Gasteiger charge is 2.37. The van der Waals surface area contributed by atoms with Gasteiger partial charge in [0.15, 0.2) is 0 Å². The highest BCUT2D eigenvalue weighted by atomic mass is 16.2. The molecule has 0 aromatic carbocycles. The van der Waals surface area contributed by atoms with Crippen molar-refractivity contribution in [2.45, 2.75) is 19.3 Å². The molecule has 2 atom stereocenters. The largest absolute Gasteiger partial charge is 0.338 e. The van der Waals surface area contributed by atoms with E-state index in [4.69, 9.17) is 0 Å². The van der Waals surface area contributed by atoms with Gasteiger partial charge in [-0.3, -0.25) is 14.6 Å². The molecule has 0 unspecified atom stereocenters. The zero-order valence-electron chi connectivity index (χ0n) is 16.0. The van der Waals surface area contributed by atoms with Crippen molar-refractivity contribution in [2.75, 3.05) is 18.4 Å². The summed E-state index contributed by atoms with van der Waals surface area (Å²) in [6.45, 7) is 1.57. The Morgan fingerprint density at radius 2 is 2.07 bits per heavy atom. The summed E-state index contributed by atoms with van der Waals surface area (Å²) in [6.07, 6.45) is 13.3. The Balaban J connectivity index is 1.23. The number of aromatic nitrogens is 2. The molecule has 0 saturated carbocycles. The first-order chi connectivity index (χ1) is 14.2. The molecule has 0 bridgehead atoms. The normalized spacial score (nSPS) is 23.0. The molecular weight excluding hydrogens is 364 g/mol. The smallest absolute Gasteiger partial charge is 0.246 e. The van der Waals surface area contributed by atoms with Crippen LogP contribution in [0, 0.1) is 11.8 Å². The van der Waals surface area contributed by atoms with Gasteiger partial charge < -0.3 is 10.2 Å². The lowest BCUT2D eigenvalue weighted by molar-refractivity contribution is -0.125. The average molecular weight is 386 g/mol. The number of hydrogen-bond acceptors (Lipinski definition) is 4. The van der Waals surface area contributed by atoms with Crippen LogP contribution >= 0.6 is 0 Å². The molecular formula is C23H22N4O2. The van der Waals surface area contributed by atoms with Gasteiger partial charge in [0, 0.05) is 44.2 Å². The highest BCUT2D eigenvalue weighted by Crippen LogP contribution is 2.40. The number of amides is 2. The van der Waals surface area contributed by atoms with E-state index in [1.165, 1.54) is 11.1 Å². The van der Waals surface area contributed by atoms with Crippen LogP contribution in [-0.4, -0.2) is 39.8 Å². The molecule has 2 aliphatic heterocycles. The molecule has 2 aromatic heterocycles. The van der Waals surface area contributed by atoms with Crippen molar-refractivity contribution < 1.29 is 9.59 Å². The maximum absolute atomic E-state index is 12.7. The molecule has 2 aromatic rings. The number of aryl methyl sites for hydroxylation is 1. The van der Waals surface area contributed by atoms with Crippen LogP contribution in [0.4, 0.5) is 5.82 Å². The number of hydrogen-bond donors (Lipinski definition) is 1. The molecule has 1 aliphatic carbocycles. The first kappa shape index (κ1) is 17.8. The summed E-state index contributed by atoms with van der Waals surface area (Å²) in [5, 5.41) is 2.78. The van der Waals surface area contributed by atoms with Gasteiger partial charge >= 0.3 is 0 Å². The molecule has 2 amide bonds. The fourth-order valence-electron chi connectivity index (χ4n) is 4.51. The maximum atomic E-state index is 12.7. The molecule has 29 heavy (non-hydrogen) atoms. The highest BCUT2D eigenvalue weighted by molar-refractivity contribution is 5.94. The number of rotatable bonds is 3. The molecule has 146 valence electrons. The molecule has 5 rings (SSSR count). The molecule has 6 nitrogen and oxygen atoms in total. The standard InChI is InChI=1S/C23H22N4O2/c28-21-3-2-17-9-15(12-25-23(17)26-21)1-4-22(29)27-13-19-10-18(11-20(19)14-27)16-5-7-24-8-6-16/h1,4-10,12,19-20H,2-3,11,13-14H2,(H,25,26,28)/t19-,20+/m0/s1. The van der Waals surface area contributed by atoms with Crippen molar-refractivity contribution >= 4 is 29.3 Å². The van der Waals surface area contributed by atoms with E-state index >= 15 is 0 Å². The second-order valence-electron chi connectivity index (χ2n) is 7.96. The summed E-state index contributed by atoms with van der Waals surface area (Å²) in [5.41, 5.74) is 4.51. The second kappa shape index (κ2) is 7.28. The predicted octanol–water partition coefficient (Wildman–Crippen LogP) is 2.94. The lowest BCUT2D eigenvalue weighted by Gasteiger charge is -2.16.